The number of urea groups is 1. The third-order valence-corrected chi connectivity index (χ3v) is 5.68. The summed E-state index contributed by atoms with van der Waals surface area (Å²) in [6.07, 6.45) is 0.765. The Labute approximate surface area is 156 Å². The molecular formula is C19H19ClN2O2S. The van der Waals surface area contributed by atoms with Crippen molar-refractivity contribution < 1.29 is 9.59 Å². The van der Waals surface area contributed by atoms with E-state index >= 15 is 0 Å². The highest BCUT2D eigenvalue weighted by atomic mass is 35.5. The lowest BCUT2D eigenvalue weighted by molar-refractivity contribution is -0.124. The predicted molar refractivity (Wildman–Crippen MR) is 102 cm³/mol. The zero-order chi connectivity index (χ0) is 17.6. The zero-order valence-electron chi connectivity index (χ0n) is 13.7. The number of benzene rings is 2. The van der Waals surface area contributed by atoms with Gasteiger partial charge in [0.05, 0.1) is 11.8 Å². The Morgan fingerprint density at radius 3 is 2.36 bits per heavy atom. The van der Waals surface area contributed by atoms with E-state index in [1.807, 2.05) is 42.5 Å². The monoisotopic (exact) mass is 374 g/mol. The summed E-state index contributed by atoms with van der Waals surface area (Å²) in [5.74, 6) is 0.700. The van der Waals surface area contributed by atoms with Crippen LogP contribution in [0.4, 0.5) is 4.79 Å². The van der Waals surface area contributed by atoms with Crippen LogP contribution in [0, 0.1) is 0 Å². The molecule has 1 N–H and O–H groups in total. The van der Waals surface area contributed by atoms with Crippen LogP contribution >= 0.6 is 23.4 Å². The summed E-state index contributed by atoms with van der Waals surface area (Å²) in [6.45, 7) is 0.573. The van der Waals surface area contributed by atoms with Crippen molar-refractivity contribution in [2.75, 3.05) is 18.8 Å². The van der Waals surface area contributed by atoms with Crippen molar-refractivity contribution in [1.82, 2.24) is 10.2 Å². The molecule has 1 heterocycles. The number of nitrogens with zero attached hydrogens (tertiary/aromatic N) is 1. The van der Waals surface area contributed by atoms with Crippen molar-refractivity contribution in [3.63, 3.8) is 0 Å². The van der Waals surface area contributed by atoms with Gasteiger partial charge in [-0.25, -0.2) is 4.79 Å². The minimum Gasteiger partial charge on any atom is -0.329 e. The lowest BCUT2D eigenvalue weighted by atomic mass is 10.0. The molecule has 130 valence electrons. The Kier molecular flexibility index (Phi) is 6.00. The quantitative estimate of drug-likeness (QED) is 0.586. The van der Waals surface area contributed by atoms with Crippen LogP contribution < -0.4 is 5.32 Å². The lowest BCUT2D eigenvalue weighted by Crippen LogP contribution is -2.32. The molecule has 0 radical (unpaired) electrons. The van der Waals surface area contributed by atoms with Gasteiger partial charge in [0.25, 0.3) is 0 Å². The molecule has 1 aliphatic rings. The average molecular weight is 375 g/mol. The molecule has 0 saturated carbocycles. The highest BCUT2D eigenvalue weighted by Crippen LogP contribution is 2.36. The van der Waals surface area contributed by atoms with E-state index < -0.39 is 0 Å². The van der Waals surface area contributed by atoms with Crippen LogP contribution in [0.5, 0.6) is 0 Å². The molecule has 1 fully saturated rings. The highest BCUT2D eigenvalue weighted by Gasteiger charge is 2.27. The molecule has 0 bridgehead atoms. The van der Waals surface area contributed by atoms with Gasteiger partial charge < -0.3 is 5.32 Å². The van der Waals surface area contributed by atoms with Crippen molar-refractivity contribution in [3.8, 4) is 0 Å². The molecule has 3 rings (SSSR count). The number of rotatable bonds is 7. The molecule has 0 spiro atoms. The molecule has 4 nitrogen and oxygen atoms in total. The van der Waals surface area contributed by atoms with Crippen molar-refractivity contribution in [2.24, 2.45) is 0 Å². The average Bonchev–Trinajstić information content (AvgIpc) is 2.95. The second-order valence-electron chi connectivity index (χ2n) is 5.77. The molecule has 2 aromatic carbocycles. The van der Waals surface area contributed by atoms with Crippen LogP contribution in [0.1, 0.15) is 22.8 Å². The maximum Gasteiger partial charge on any atom is 0.324 e. The topological polar surface area (TPSA) is 49.4 Å². The molecule has 2 aromatic rings. The first-order chi connectivity index (χ1) is 12.1. The van der Waals surface area contributed by atoms with Crippen molar-refractivity contribution >= 4 is 35.3 Å². The Morgan fingerprint density at radius 1 is 1.04 bits per heavy atom. The summed E-state index contributed by atoms with van der Waals surface area (Å²) in [5.41, 5.74) is 2.42. The van der Waals surface area contributed by atoms with E-state index in [0.717, 1.165) is 17.2 Å². The second kappa shape index (κ2) is 8.41. The highest BCUT2D eigenvalue weighted by molar-refractivity contribution is 7.99. The van der Waals surface area contributed by atoms with Crippen LogP contribution in [0.3, 0.4) is 0 Å². The smallest absolute Gasteiger partial charge is 0.324 e. The summed E-state index contributed by atoms with van der Waals surface area (Å²) >= 11 is 7.81. The Morgan fingerprint density at radius 2 is 1.72 bits per heavy atom. The van der Waals surface area contributed by atoms with E-state index in [2.05, 4.69) is 17.4 Å². The standard InChI is InChI=1S/C19H19ClN2O2S/c20-16-9-7-15(8-10-16)18(14-5-2-1-3-6-14)25-12-4-11-22-17(23)13-21-19(22)24/h1-3,5-10,18H,4,11-13H2,(H,21,24). The van der Waals surface area contributed by atoms with Gasteiger partial charge in [-0.2, -0.15) is 0 Å². The number of halogens is 1. The molecule has 1 unspecified atom stereocenters. The number of hydrogen-bond acceptors (Lipinski definition) is 3. The summed E-state index contributed by atoms with van der Waals surface area (Å²) < 4.78 is 0. The number of amides is 3. The molecule has 6 heteroatoms. The third kappa shape index (κ3) is 4.55. The Hall–Kier alpha value is -1.98. The van der Waals surface area contributed by atoms with Crippen LogP contribution in [-0.4, -0.2) is 35.7 Å². The second-order valence-corrected chi connectivity index (χ2v) is 7.42. The fourth-order valence-corrected chi connectivity index (χ4v) is 4.11. The zero-order valence-corrected chi connectivity index (χ0v) is 15.2. The SMILES string of the molecule is O=C1CNC(=O)N1CCCSC(c1ccccc1)c1ccc(Cl)cc1. The Balaban J connectivity index is 1.63. The third-order valence-electron chi connectivity index (χ3n) is 4.02. The summed E-state index contributed by atoms with van der Waals surface area (Å²) in [5, 5.41) is 3.46. The molecule has 0 aromatic heterocycles. The van der Waals surface area contributed by atoms with Crippen LogP contribution in [0.15, 0.2) is 54.6 Å². The van der Waals surface area contributed by atoms with E-state index in [-0.39, 0.29) is 23.7 Å². The van der Waals surface area contributed by atoms with Gasteiger partial charge in [0.2, 0.25) is 5.91 Å². The van der Waals surface area contributed by atoms with Gasteiger partial charge >= 0.3 is 6.03 Å². The lowest BCUT2D eigenvalue weighted by Gasteiger charge is -2.19. The van der Waals surface area contributed by atoms with Gasteiger partial charge in [0.1, 0.15) is 0 Å². The minimum absolute atomic E-state index is 0.114. The maximum atomic E-state index is 11.6. The minimum atomic E-state index is -0.285. The molecule has 1 aliphatic heterocycles. The fourth-order valence-electron chi connectivity index (χ4n) is 2.76. The number of nitrogens with one attached hydrogen (secondary N) is 1. The van der Waals surface area contributed by atoms with Gasteiger partial charge in [-0.15, -0.1) is 11.8 Å². The molecular weight excluding hydrogens is 356 g/mol. The van der Waals surface area contributed by atoms with E-state index in [4.69, 9.17) is 11.6 Å². The molecule has 25 heavy (non-hydrogen) atoms. The molecule has 1 atom stereocenters. The van der Waals surface area contributed by atoms with E-state index in [9.17, 15) is 9.59 Å². The number of carbonyl (C=O) groups excluding carboxylic acids is 2. The van der Waals surface area contributed by atoms with Gasteiger partial charge in [-0.3, -0.25) is 9.69 Å². The molecule has 3 amide bonds. The molecule has 0 aliphatic carbocycles. The van der Waals surface area contributed by atoms with Crippen molar-refractivity contribution in [2.45, 2.75) is 11.7 Å². The predicted octanol–water partition coefficient (Wildman–Crippen LogP) is 4.10. The summed E-state index contributed by atoms with van der Waals surface area (Å²) in [6, 6.07) is 17.9. The van der Waals surface area contributed by atoms with Crippen LogP contribution in [0.25, 0.3) is 0 Å². The number of imide groups is 1. The van der Waals surface area contributed by atoms with E-state index in [1.165, 1.54) is 16.0 Å². The fraction of sp³-hybridized carbons (Fsp3) is 0.263. The summed E-state index contributed by atoms with van der Waals surface area (Å²) in [4.78, 5) is 24.5. The Bertz CT molecular complexity index is 721. The largest absolute Gasteiger partial charge is 0.329 e. The van der Waals surface area contributed by atoms with E-state index in [0.29, 0.717) is 6.54 Å². The van der Waals surface area contributed by atoms with Crippen LogP contribution in [0.2, 0.25) is 5.02 Å². The van der Waals surface area contributed by atoms with Crippen molar-refractivity contribution in [1.29, 1.82) is 0 Å². The molecule has 1 saturated heterocycles. The van der Waals surface area contributed by atoms with Gasteiger partial charge in [-0.05, 0) is 35.4 Å². The summed E-state index contributed by atoms with van der Waals surface area (Å²) in [7, 11) is 0. The van der Waals surface area contributed by atoms with Gasteiger partial charge in [-0.1, -0.05) is 54.1 Å². The van der Waals surface area contributed by atoms with Crippen molar-refractivity contribution in [3.05, 3.63) is 70.7 Å². The first-order valence-electron chi connectivity index (χ1n) is 8.15. The van der Waals surface area contributed by atoms with Gasteiger partial charge in [0.15, 0.2) is 0 Å². The maximum absolute atomic E-state index is 11.6. The van der Waals surface area contributed by atoms with Crippen LogP contribution in [-0.2, 0) is 4.79 Å². The number of carbonyl (C=O) groups is 2. The first kappa shape index (κ1) is 17.8. The van der Waals surface area contributed by atoms with E-state index in [1.54, 1.807) is 11.8 Å². The first-order valence-corrected chi connectivity index (χ1v) is 9.58. The number of thioether (sulfide) groups is 1. The number of hydrogen-bond donors (Lipinski definition) is 1. The normalized spacial score (nSPS) is 15.3. The van der Waals surface area contributed by atoms with Gasteiger partial charge in [0, 0.05) is 11.6 Å².